The Hall–Kier alpha value is -0.930. The molecular formula is C9H12N2O. The van der Waals surface area contributed by atoms with Gasteiger partial charge in [-0.25, -0.2) is 0 Å². The summed E-state index contributed by atoms with van der Waals surface area (Å²) in [5.74, 6) is 0. The summed E-state index contributed by atoms with van der Waals surface area (Å²) in [5.41, 5.74) is 0.0383. The van der Waals surface area contributed by atoms with Crippen LogP contribution in [0.3, 0.4) is 0 Å². The maximum Gasteiger partial charge on any atom is 0.120 e. The third kappa shape index (κ3) is 1.21. The van der Waals surface area contributed by atoms with Gasteiger partial charge in [0.2, 0.25) is 0 Å². The van der Waals surface area contributed by atoms with Crippen LogP contribution in [0.2, 0.25) is 0 Å². The van der Waals surface area contributed by atoms with Gasteiger partial charge in [0.1, 0.15) is 5.60 Å². The van der Waals surface area contributed by atoms with Gasteiger partial charge in [0.15, 0.2) is 0 Å². The monoisotopic (exact) mass is 164 g/mol. The number of aliphatic hydroxyl groups is 1. The summed E-state index contributed by atoms with van der Waals surface area (Å²) in [4.78, 5) is 4.14. The summed E-state index contributed by atoms with van der Waals surface area (Å²) < 4.78 is 0. The van der Waals surface area contributed by atoms with Crippen molar-refractivity contribution in [3.63, 3.8) is 0 Å². The van der Waals surface area contributed by atoms with Crippen LogP contribution in [0.4, 0.5) is 0 Å². The summed E-state index contributed by atoms with van der Waals surface area (Å²) in [6, 6.07) is 5.63. The van der Waals surface area contributed by atoms with Gasteiger partial charge in [-0.15, -0.1) is 0 Å². The first kappa shape index (κ1) is 7.71. The fourth-order valence-electron chi connectivity index (χ4n) is 1.54. The van der Waals surface area contributed by atoms with Gasteiger partial charge in [-0.3, -0.25) is 4.98 Å². The summed E-state index contributed by atoms with van der Waals surface area (Å²) in [5, 5.41) is 13.2. The molecule has 0 amide bonds. The Labute approximate surface area is 71.4 Å². The molecule has 0 aliphatic carbocycles. The molecule has 0 spiro atoms. The van der Waals surface area contributed by atoms with E-state index < -0.39 is 5.60 Å². The van der Waals surface area contributed by atoms with Crippen LogP contribution in [0, 0.1) is 0 Å². The lowest BCUT2D eigenvalue weighted by Gasteiger charge is -2.19. The zero-order valence-electron chi connectivity index (χ0n) is 6.83. The summed E-state index contributed by atoms with van der Waals surface area (Å²) >= 11 is 0. The minimum atomic E-state index is -0.735. The number of aromatic nitrogens is 1. The Kier molecular flexibility index (Phi) is 1.83. The molecule has 3 nitrogen and oxygen atoms in total. The predicted molar refractivity (Wildman–Crippen MR) is 45.6 cm³/mol. The zero-order chi connectivity index (χ0) is 8.44. The summed E-state index contributed by atoms with van der Waals surface area (Å²) in [6.45, 7) is 1.48. The number of hydrogen-bond donors (Lipinski definition) is 2. The van der Waals surface area contributed by atoms with Crippen LogP contribution in [0.15, 0.2) is 24.4 Å². The van der Waals surface area contributed by atoms with Crippen molar-refractivity contribution in [2.75, 3.05) is 13.1 Å². The second-order valence-electron chi connectivity index (χ2n) is 3.17. The Morgan fingerprint density at radius 3 is 3.00 bits per heavy atom. The van der Waals surface area contributed by atoms with E-state index in [-0.39, 0.29) is 0 Å². The molecule has 2 N–H and O–H groups in total. The van der Waals surface area contributed by atoms with Gasteiger partial charge in [0, 0.05) is 12.7 Å². The molecule has 0 bridgehead atoms. The molecule has 1 aromatic heterocycles. The molecule has 0 saturated carbocycles. The van der Waals surface area contributed by atoms with Crippen LogP contribution in [0.5, 0.6) is 0 Å². The lowest BCUT2D eigenvalue weighted by Crippen LogP contribution is -2.29. The minimum Gasteiger partial charge on any atom is -0.382 e. The van der Waals surface area contributed by atoms with E-state index >= 15 is 0 Å². The molecule has 2 rings (SSSR count). The average Bonchev–Trinajstić information content (AvgIpc) is 2.55. The summed E-state index contributed by atoms with van der Waals surface area (Å²) in [6.07, 6.45) is 2.47. The largest absolute Gasteiger partial charge is 0.382 e. The van der Waals surface area contributed by atoms with E-state index in [1.54, 1.807) is 6.20 Å². The van der Waals surface area contributed by atoms with E-state index in [9.17, 15) is 5.11 Å². The molecule has 1 aromatic rings. The highest BCUT2D eigenvalue weighted by Crippen LogP contribution is 2.24. The molecule has 1 fully saturated rings. The lowest BCUT2D eigenvalue weighted by molar-refractivity contribution is 0.0541. The Morgan fingerprint density at radius 1 is 1.50 bits per heavy atom. The molecule has 2 heterocycles. The molecule has 1 aliphatic heterocycles. The van der Waals surface area contributed by atoms with E-state index in [0.29, 0.717) is 6.54 Å². The van der Waals surface area contributed by atoms with Gasteiger partial charge >= 0.3 is 0 Å². The van der Waals surface area contributed by atoms with Crippen molar-refractivity contribution >= 4 is 0 Å². The normalized spacial score (nSPS) is 29.1. The van der Waals surface area contributed by atoms with Crippen LogP contribution in [-0.2, 0) is 5.60 Å². The quantitative estimate of drug-likeness (QED) is 0.626. The first-order valence-electron chi connectivity index (χ1n) is 4.16. The van der Waals surface area contributed by atoms with E-state index in [0.717, 1.165) is 18.7 Å². The Balaban J connectivity index is 2.29. The summed E-state index contributed by atoms with van der Waals surface area (Å²) in [7, 11) is 0. The van der Waals surface area contributed by atoms with Gasteiger partial charge in [-0.1, -0.05) is 6.07 Å². The smallest absolute Gasteiger partial charge is 0.120 e. The van der Waals surface area contributed by atoms with Gasteiger partial charge < -0.3 is 10.4 Å². The Morgan fingerprint density at radius 2 is 2.42 bits per heavy atom. The molecular weight excluding hydrogens is 152 g/mol. The van der Waals surface area contributed by atoms with Gasteiger partial charge in [-0.2, -0.15) is 0 Å². The highest BCUT2D eigenvalue weighted by Gasteiger charge is 2.33. The Bertz CT molecular complexity index is 254. The predicted octanol–water partition coefficient (Wildman–Crippen LogP) is 0.263. The van der Waals surface area contributed by atoms with Gasteiger partial charge in [0.05, 0.1) is 5.69 Å². The minimum absolute atomic E-state index is 0.615. The molecule has 3 heteroatoms. The molecule has 0 unspecified atom stereocenters. The lowest BCUT2D eigenvalue weighted by atomic mass is 9.98. The number of rotatable bonds is 1. The van der Waals surface area contributed by atoms with E-state index in [2.05, 4.69) is 10.3 Å². The van der Waals surface area contributed by atoms with E-state index in [1.807, 2.05) is 18.2 Å². The van der Waals surface area contributed by atoms with E-state index in [1.165, 1.54) is 0 Å². The van der Waals surface area contributed by atoms with Crippen molar-refractivity contribution in [2.45, 2.75) is 12.0 Å². The van der Waals surface area contributed by atoms with Crippen LogP contribution in [0.25, 0.3) is 0 Å². The maximum absolute atomic E-state index is 10.0. The second kappa shape index (κ2) is 2.84. The van der Waals surface area contributed by atoms with E-state index in [4.69, 9.17) is 0 Å². The molecule has 1 atom stereocenters. The first-order chi connectivity index (χ1) is 5.81. The van der Waals surface area contributed by atoms with Crippen molar-refractivity contribution < 1.29 is 5.11 Å². The van der Waals surface area contributed by atoms with Gasteiger partial charge in [0.25, 0.3) is 0 Å². The first-order valence-corrected chi connectivity index (χ1v) is 4.16. The highest BCUT2D eigenvalue weighted by atomic mass is 16.3. The molecule has 0 radical (unpaired) electrons. The van der Waals surface area contributed by atoms with Crippen molar-refractivity contribution in [1.82, 2.24) is 10.3 Å². The van der Waals surface area contributed by atoms with Crippen molar-refractivity contribution in [1.29, 1.82) is 0 Å². The number of pyridine rings is 1. The zero-order valence-corrected chi connectivity index (χ0v) is 6.83. The molecule has 12 heavy (non-hydrogen) atoms. The SMILES string of the molecule is O[C@]1(c2ccccn2)CCNC1. The number of β-amino-alcohol motifs (C(OH)–C–C–N with tert-alkyl or cyclic N) is 1. The molecule has 0 aromatic carbocycles. The third-order valence-electron chi connectivity index (χ3n) is 2.27. The van der Waals surface area contributed by atoms with Crippen molar-refractivity contribution in [2.24, 2.45) is 0 Å². The van der Waals surface area contributed by atoms with Crippen LogP contribution < -0.4 is 5.32 Å². The third-order valence-corrected chi connectivity index (χ3v) is 2.27. The highest BCUT2D eigenvalue weighted by molar-refractivity contribution is 5.15. The fraction of sp³-hybridized carbons (Fsp3) is 0.444. The second-order valence-corrected chi connectivity index (χ2v) is 3.17. The topological polar surface area (TPSA) is 45.2 Å². The van der Waals surface area contributed by atoms with Crippen molar-refractivity contribution in [3.8, 4) is 0 Å². The van der Waals surface area contributed by atoms with Crippen LogP contribution in [0.1, 0.15) is 12.1 Å². The molecule has 64 valence electrons. The van der Waals surface area contributed by atoms with Crippen LogP contribution >= 0.6 is 0 Å². The number of hydrogen-bond acceptors (Lipinski definition) is 3. The standard InChI is InChI=1S/C9H12N2O/c12-9(4-6-10-7-9)8-3-1-2-5-11-8/h1-3,5,10,12H,4,6-7H2/t9-/m1/s1. The molecule has 1 aliphatic rings. The number of nitrogens with one attached hydrogen (secondary N) is 1. The average molecular weight is 164 g/mol. The van der Waals surface area contributed by atoms with Crippen LogP contribution in [-0.4, -0.2) is 23.2 Å². The van der Waals surface area contributed by atoms with Crippen molar-refractivity contribution in [3.05, 3.63) is 30.1 Å². The maximum atomic E-state index is 10.0. The van der Waals surface area contributed by atoms with Gasteiger partial charge in [-0.05, 0) is 25.1 Å². The fourth-order valence-corrected chi connectivity index (χ4v) is 1.54. The number of nitrogens with zero attached hydrogens (tertiary/aromatic N) is 1. The molecule has 1 saturated heterocycles.